The third kappa shape index (κ3) is 4.01. The Balaban J connectivity index is 1.79. The Morgan fingerprint density at radius 1 is 1.23 bits per heavy atom. The molecule has 2 heterocycles. The van der Waals surface area contributed by atoms with Crippen LogP contribution in [0.4, 0.5) is 18.9 Å². The van der Waals surface area contributed by atoms with Crippen molar-refractivity contribution in [2.45, 2.75) is 19.6 Å². The van der Waals surface area contributed by atoms with Crippen LogP contribution in [0.25, 0.3) is 0 Å². The maximum atomic E-state index is 13.5. The van der Waals surface area contributed by atoms with Gasteiger partial charge in [0.25, 0.3) is 5.91 Å². The van der Waals surface area contributed by atoms with Crippen molar-refractivity contribution in [2.24, 2.45) is 0 Å². The van der Waals surface area contributed by atoms with Crippen molar-refractivity contribution in [2.75, 3.05) is 31.2 Å². The minimum absolute atomic E-state index is 0.00655. The van der Waals surface area contributed by atoms with Gasteiger partial charge in [0.2, 0.25) is 0 Å². The number of benzene rings is 1. The molecule has 1 aromatic carbocycles. The van der Waals surface area contributed by atoms with Gasteiger partial charge in [-0.25, -0.2) is 0 Å². The third-order valence-electron chi connectivity index (χ3n) is 4.28. The zero-order chi connectivity index (χ0) is 18.7. The second-order valence-electron chi connectivity index (χ2n) is 6.05. The molecule has 1 saturated heterocycles. The van der Waals surface area contributed by atoms with Crippen LogP contribution in [0.2, 0.25) is 0 Å². The first-order chi connectivity index (χ1) is 12.4. The van der Waals surface area contributed by atoms with Crippen LogP contribution in [-0.4, -0.2) is 32.2 Å². The molecule has 1 N–H and O–H groups in total. The number of furan rings is 1. The summed E-state index contributed by atoms with van der Waals surface area (Å²) in [5.41, 5.74) is 0.379. The van der Waals surface area contributed by atoms with Gasteiger partial charge in [0, 0.05) is 30.9 Å². The Morgan fingerprint density at radius 3 is 2.58 bits per heavy atom. The number of nitrogens with one attached hydrogen (secondary N) is 1. The molecule has 0 saturated carbocycles. The predicted molar refractivity (Wildman–Crippen MR) is 89.1 cm³/mol. The zero-order valence-corrected chi connectivity index (χ0v) is 14.2. The molecule has 2 aromatic rings. The lowest BCUT2D eigenvalue weighted by Crippen LogP contribution is -2.36. The topological polar surface area (TPSA) is 54.7 Å². The molecule has 0 spiro atoms. The number of hydrogen-bond donors (Lipinski definition) is 1. The number of halogens is 3. The van der Waals surface area contributed by atoms with Gasteiger partial charge >= 0.3 is 6.18 Å². The fourth-order valence-corrected chi connectivity index (χ4v) is 2.86. The standard InChI is InChI=1S/C18H19F3N2O3/c1-12-4-7-26-16(12)17(24)22-11-13-2-3-14(10-15(13)18(19,20)21)23-5-8-25-9-6-23/h2-4,7,10H,5-6,8-9,11H2,1H3,(H,22,24). The second-order valence-corrected chi connectivity index (χ2v) is 6.05. The number of carbonyl (C=O) groups excluding carboxylic acids is 1. The molecule has 0 bridgehead atoms. The van der Waals surface area contributed by atoms with Gasteiger partial charge < -0.3 is 19.4 Å². The molecule has 140 valence electrons. The Kier molecular flexibility index (Phi) is 5.22. The molecule has 5 nitrogen and oxygen atoms in total. The Morgan fingerprint density at radius 2 is 1.96 bits per heavy atom. The monoisotopic (exact) mass is 368 g/mol. The minimum Gasteiger partial charge on any atom is -0.459 e. The van der Waals surface area contributed by atoms with Gasteiger partial charge in [-0.05, 0) is 30.7 Å². The van der Waals surface area contributed by atoms with E-state index >= 15 is 0 Å². The van der Waals surface area contributed by atoms with Crippen molar-refractivity contribution in [3.63, 3.8) is 0 Å². The number of carbonyl (C=O) groups is 1. The number of nitrogens with zero attached hydrogens (tertiary/aromatic N) is 1. The highest BCUT2D eigenvalue weighted by molar-refractivity contribution is 5.92. The van der Waals surface area contributed by atoms with Crippen LogP contribution in [0.5, 0.6) is 0 Å². The van der Waals surface area contributed by atoms with Crippen molar-refractivity contribution < 1.29 is 27.1 Å². The third-order valence-corrected chi connectivity index (χ3v) is 4.28. The Labute approximate surface area is 148 Å². The largest absolute Gasteiger partial charge is 0.459 e. The molecular weight excluding hydrogens is 349 g/mol. The quantitative estimate of drug-likeness (QED) is 0.899. The van der Waals surface area contributed by atoms with E-state index in [4.69, 9.17) is 9.15 Å². The van der Waals surface area contributed by atoms with Crippen LogP contribution in [0.1, 0.15) is 27.2 Å². The maximum absolute atomic E-state index is 13.5. The van der Waals surface area contributed by atoms with E-state index in [2.05, 4.69) is 5.32 Å². The van der Waals surface area contributed by atoms with E-state index in [9.17, 15) is 18.0 Å². The summed E-state index contributed by atoms with van der Waals surface area (Å²) in [5.74, 6) is -0.443. The van der Waals surface area contributed by atoms with Gasteiger partial charge in [0.05, 0.1) is 25.0 Å². The minimum atomic E-state index is -4.51. The smallest absolute Gasteiger partial charge is 0.416 e. The molecular formula is C18H19F3N2O3. The van der Waals surface area contributed by atoms with Gasteiger partial charge in [-0.1, -0.05) is 6.07 Å². The van der Waals surface area contributed by atoms with E-state index < -0.39 is 17.6 Å². The number of amides is 1. The van der Waals surface area contributed by atoms with Gasteiger partial charge in [-0.3, -0.25) is 4.79 Å². The molecule has 1 aromatic heterocycles. The Bertz CT molecular complexity index is 780. The molecule has 0 radical (unpaired) electrons. The molecule has 1 aliphatic rings. The predicted octanol–water partition coefficient (Wildman–Crippen LogP) is 3.37. The molecule has 3 rings (SSSR count). The maximum Gasteiger partial charge on any atom is 0.416 e. The van der Waals surface area contributed by atoms with Crippen LogP contribution in [0, 0.1) is 6.92 Å². The number of rotatable bonds is 4. The zero-order valence-electron chi connectivity index (χ0n) is 14.2. The van der Waals surface area contributed by atoms with Gasteiger partial charge in [-0.15, -0.1) is 0 Å². The average molecular weight is 368 g/mol. The fraction of sp³-hybridized carbons (Fsp3) is 0.389. The summed E-state index contributed by atoms with van der Waals surface area (Å²) >= 11 is 0. The van der Waals surface area contributed by atoms with Crippen LogP contribution in [0.3, 0.4) is 0 Å². The number of morpholine rings is 1. The lowest BCUT2D eigenvalue weighted by atomic mass is 10.0. The summed E-state index contributed by atoms with van der Waals surface area (Å²) in [4.78, 5) is 13.9. The lowest BCUT2D eigenvalue weighted by Gasteiger charge is -2.29. The molecule has 1 amide bonds. The number of alkyl halides is 3. The van der Waals surface area contributed by atoms with Crippen molar-refractivity contribution in [3.8, 4) is 0 Å². The van der Waals surface area contributed by atoms with E-state index in [1.165, 1.54) is 12.3 Å². The van der Waals surface area contributed by atoms with Crippen LogP contribution < -0.4 is 10.2 Å². The molecule has 0 unspecified atom stereocenters. The highest BCUT2D eigenvalue weighted by Crippen LogP contribution is 2.35. The number of aryl methyl sites for hydroxylation is 1. The second kappa shape index (κ2) is 7.41. The van der Waals surface area contributed by atoms with E-state index in [1.54, 1.807) is 19.1 Å². The van der Waals surface area contributed by atoms with Gasteiger partial charge in [0.1, 0.15) is 0 Å². The highest BCUT2D eigenvalue weighted by Gasteiger charge is 2.34. The van der Waals surface area contributed by atoms with Crippen LogP contribution >= 0.6 is 0 Å². The summed E-state index contributed by atoms with van der Waals surface area (Å²) < 4.78 is 50.7. The summed E-state index contributed by atoms with van der Waals surface area (Å²) in [6.07, 6.45) is -3.15. The number of anilines is 1. The molecule has 0 aliphatic carbocycles. The van der Waals surface area contributed by atoms with E-state index in [1.807, 2.05) is 4.90 Å². The van der Waals surface area contributed by atoms with Crippen LogP contribution in [0.15, 0.2) is 34.9 Å². The SMILES string of the molecule is Cc1ccoc1C(=O)NCc1ccc(N2CCOCC2)cc1C(F)(F)F. The summed E-state index contributed by atoms with van der Waals surface area (Å²) in [6, 6.07) is 5.79. The first-order valence-corrected chi connectivity index (χ1v) is 8.21. The van der Waals surface area contributed by atoms with Crippen LogP contribution in [-0.2, 0) is 17.5 Å². The number of hydrogen-bond acceptors (Lipinski definition) is 4. The molecule has 1 aliphatic heterocycles. The van der Waals surface area contributed by atoms with E-state index in [0.717, 1.165) is 6.07 Å². The highest BCUT2D eigenvalue weighted by atomic mass is 19.4. The van der Waals surface area contributed by atoms with Crippen molar-refractivity contribution >= 4 is 11.6 Å². The van der Waals surface area contributed by atoms with Crippen molar-refractivity contribution in [1.82, 2.24) is 5.32 Å². The Hall–Kier alpha value is -2.48. The fourth-order valence-electron chi connectivity index (χ4n) is 2.86. The van der Waals surface area contributed by atoms with Crippen molar-refractivity contribution in [1.29, 1.82) is 0 Å². The molecule has 26 heavy (non-hydrogen) atoms. The molecule has 0 atom stereocenters. The lowest BCUT2D eigenvalue weighted by molar-refractivity contribution is -0.138. The molecule has 1 fully saturated rings. The van der Waals surface area contributed by atoms with Gasteiger partial charge in [0.15, 0.2) is 5.76 Å². The summed E-state index contributed by atoms with van der Waals surface area (Å²) in [7, 11) is 0. The number of ether oxygens (including phenoxy) is 1. The average Bonchev–Trinajstić information content (AvgIpc) is 3.05. The van der Waals surface area contributed by atoms with Gasteiger partial charge in [-0.2, -0.15) is 13.2 Å². The van der Waals surface area contributed by atoms with E-state index in [0.29, 0.717) is 37.6 Å². The van der Waals surface area contributed by atoms with E-state index in [-0.39, 0.29) is 17.9 Å². The first kappa shape index (κ1) is 18.3. The normalized spacial score (nSPS) is 15.2. The first-order valence-electron chi connectivity index (χ1n) is 8.21. The summed E-state index contributed by atoms with van der Waals surface area (Å²) in [6.45, 7) is 3.52. The summed E-state index contributed by atoms with van der Waals surface area (Å²) in [5, 5.41) is 2.49. The molecule has 8 heteroatoms. The van der Waals surface area contributed by atoms with Crippen molar-refractivity contribution in [3.05, 3.63) is 53.0 Å².